The zero-order chi connectivity index (χ0) is 12.9. The Kier molecular flexibility index (Phi) is 4.78. The summed E-state index contributed by atoms with van der Waals surface area (Å²) in [6, 6.07) is -0.279. The van der Waals surface area contributed by atoms with E-state index in [1.54, 1.807) is 13.8 Å². The van der Waals surface area contributed by atoms with Crippen molar-refractivity contribution < 1.29 is 14.7 Å². The lowest BCUT2D eigenvalue weighted by atomic mass is 9.83. The molecule has 5 heteroatoms. The number of carboxylic acids is 1. The van der Waals surface area contributed by atoms with Crippen molar-refractivity contribution in [3.05, 3.63) is 0 Å². The first kappa shape index (κ1) is 13.8. The molecule has 1 aliphatic carbocycles. The van der Waals surface area contributed by atoms with Gasteiger partial charge in [0, 0.05) is 13.1 Å². The van der Waals surface area contributed by atoms with Crippen LogP contribution in [-0.4, -0.2) is 30.2 Å². The smallest absolute Gasteiger partial charge is 0.314 e. The van der Waals surface area contributed by atoms with Crippen LogP contribution in [0.4, 0.5) is 4.79 Å². The molecule has 5 nitrogen and oxygen atoms in total. The lowest BCUT2D eigenvalue weighted by molar-refractivity contribution is -0.146. The highest BCUT2D eigenvalue weighted by atomic mass is 16.4. The summed E-state index contributed by atoms with van der Waals surface area (Å²) >= 11 is 0. The van der Waals surface area contributed by atoms with E-state index in [0.717, 1.165) is 12.3 Å². The Bertz CT molecular complexity index is 285. The number of hydrogen-bond donors (Lipinski definition) is 3. The number of amides is 2. The van der Waals surface area contributed by atoms with Gasteiger partial charge in [-0.2, -0.15) is 0 Å². The minimum atomic E-state index is -0.925. The molecule has 1 aliphatic rings. The number of aliphatic carboxylic acids is 1. The maximum atomic E-state index is 11.4. The summed E-state index contributed by atoms with van der Waals surface area (Å²) in [5.41, 5.74) is -0.925. The van der Waals surface area contributed by atoms with E-state index >= 15 is 0 Å². The molecule has 0 aromatic heterocycles. The zero-order valence-corrected chi connectivity index (χ0v) is 10.6. The van der Waals surface area contributed by atoms with Gasteiger partial charge in [0.25, 0.3) is 0 Å². The van der Waals surface area contributed by atoms with Crippen LogP contribution in [0.5, 0.6) is 0 Å². The van der Waals surface area contributed by atoms with Gasteiger partial charge in [0.05, 0.1) is 5.41 Å². The monoisotopic (exact) mass is 242 g/mol. The summed E-state index contributed by atoms with van der Waals surface area (Å²) < 4.78 is 0. The summed E-state index contributed by atoms with van der Waals surface area (Å²) in [5, 5.41) is 14.2. The van der Waals surface area contributed by atoms with Crippen LogP contribution < -0.4 is 10.6 Å². The lowest BCUT2D eigenvalue weighted by Crippen LogP contribution is -2.44. The number of carboxylic acid groups (broad SMARTS) is 1. The summed E-state index contributed by atoms with van der Waals surface area (Å²) in [7, 11) is 0. The first-order valence-corrected chi connectivity index (χ1v) is 6.17. The number of urea groups is 1. The third-order valence-corrected chi connectivity index (χ3v) is 3.33. The SMILES string of the molecule is CC(C)(CNC(=O)NCCC1CCC1)C(=O)O. The van der Waals surface area contributed by atoms with Gasteiger partial charge in [0.1, 0.15) is 0 Å². The predicted octanol–water partition coefficient (Wildman–Crippen LogP) is 1.59. The molecule has 1 fully saturated rings. The van der Waals surface area contributed by atoms with Gasteiger partial charge in [0.15, 0.2) is 0 Å². The fraction of sp³-hybridized carbons (Fsp3) is 0.833. The molecular weight excluding hydrogens is 220 g/mol. The summed E-state index contributed by atoms with van der Waals surface area (Å²) in [6.45, 7) is 3.98. The van der Waals surface area contributed by atoms with Crippen molar-refractivity contribution in [2.75, 3.05) is 13.1 Å². The van der Waals surface area contributed by atoms with Gasteiger partial charge < -0.3 is 15.7 Å². The van der Waals surface area contributed by atoms with Gasteiger partial charge in [-0.3, -0.25) is 4.79 Å². The van der Waals surface area contributed by atoms with Crippen molar-refractivity contribution in [3.63, 3.8) is 0 Å². The Morgan fingerprint density at radius 3 is 2.41 bits per heavy atom. The number of carbonyl (C=O) groups is 2. The molecule has 0 aromatic carbocycles. The van der Waals surface area contributed by atoms with E-state index in [1.165, 1.54) is 19.3 Å². The first-order chi connectivity index (χ1) is 7.92. The average molecular weight is 242 g/mol. The van der Waals surface area contributed by atoms with Crippen LogP contribution in [0.1, 0.15) is 39.5 Å². The van der Waals surface area contributed by atoms with Gasteiger partial charge in [0.2, 0.25) is 0 Å². The Labute approximate surface area is 102 Å². The van der Waals surface area contributed by atoms with E-state index in [0.29, 0.717) is 6.54 Å². The first-order valence-electron chi connectivity index (χ1n) is 6.17. The minimum Gasteiger partial charge on any atom is -0.481 e. The standard InChI is InChI=1S/C12H22N2O3/c1-12(2,10(15)16)8-14-11(17)13-7-6-9-4-3-5-9/h9H,3-8H2,1-2H3,(H,15,16)(H2,13,14,17). The highest BCUT2D eigenvalue weighted by molar-refractivity contribution is 5.77. The van der Waals surface area contributed by atoms with Crippen LogP contribution in [0, 0.1) is 11.3 Å². The minimum absolute atomic E-state index is 0.137. The van der Waals surface area contributed by atoms with Crippen LogP contribution in [0.2, 0.25) is 0 Å². The molecule has 2 amide bonds. The van der Waals surface area contributed by atoms with Crippen LogP contribution >= 0.6 is 0 Å². The quantitative estimate of drug-likeness (QED) is 0.661. The van der Waals surface area contributed by atoms with Gasteiger partial charge in [-0.15, -0.1) is 0 Å². The zero-order valence-electron chi connectivity index (χ0n) is 10.6. The van der Waals surface area contributed by atoms with E-state index < -0.39 is 11.4 Å². The van der Waals surface area contributed by atoms with Crippen LogP contribution in [0.15, 0.2) is 0 Å². The summed E-state index contributed by atoms with van der Waals surface area (Å²) in [5.74, 6) is -0.141. The lowest BCUT2D eigenvalue weighted by Gasteiger charge is -2.25. The highest BCUT2D eigenvalue weighted by Gasteiger charge is 2.27. The molecule has 98 valence electrons. The molecule has 0 heterocycles. The second-order valence-corrected chi connectivity index (χ2v) is 5.38. The Morgan fingerprint density at radius 2 is 1.94 bits per heavy atom. The highest BCUT2D eigenvalue weighted by Crippen LogP contribution is 2.28. The van der Waals surface area contributed by atoms with Gasteiger partial charge in [-0.05, 0) is 26.2 Å². The van der Waals surface area contributed by atoms with Gasteiger partial charge in [-0.1, -0.05) is 19.3 Å². The van der Waals surface area contributed by atoms with Crippen molar-refractivity contribution >= 4 is 12.0 Å². The van der Waals surface area contributed by atoms with E-state index in [-0.39, 0.29) is 12.6 Å². The van der Waals surface area contributed by atoms with Gasteiger partial charge >= 0.3 is 12.0 Å². The average Bonchev–Trinajstić information content (AvgIpc) is 2.18. The van der Waals surface area contributed by atoms with Crippen molar-refractivity contribution in [2.45, 2.75) is 39.5 Å². The van der Waals surface area contributed by atoms with Crippen molar-refractivity contribution in [2.24, 2.45) is 11.3 Å². The summed E-state index contributed by atoms with van der Waals surface area (Å²) in [6.07, 6.45) is 4.88. The normalized spacial score (nSPS) is 16.1. The third kappa shape index (κ3) is 4.63. The molecule has 0 aliphatic heterocycles. The molecule has 0 spiro atoms. The number of nitrogens with one attached hydrogen (secondary N) is 2. The second-order valence-electron chi connectivity index (χ2n) is 5.38. The molecule has 1 saturated carbocycles. The maximum Gasteiger partial charge on any atom is 0.314 e. The van der Waals surface area contributed by atoms with E-state index in [1.807, 2.05) is 0 Å². The van der Waals surface area contributed by atoms with E-state index in [9.17, 15) is 9.59 Å². The van der Waals surface area contributed by atoms with E-state index in [2.05, 4.69) is 10.6 Å². The van der Waals surface area contributed by atoms with E-state index in [4.69, 9.17) is 5.11 Å². The molecule has 17 heavy (non-hydrogen) atoms. The van der Waals surface area contributed by atoms with Gasteiger partial charge in [-0.25, -0.2) is 4.79 Å². The second kappa shape index (κ2) is 5.89. The van der Waals surface area contributed by atoms with Crippen molar-refractivity contribution in [3.8, 4) is 0 Å². The van der Waals surface area contributed by atoms with Crippen molar-refractivity contribution in [1.82, 2.24) is 10.6 Å². The Balaban J connectivity index is 2.09. The molecule has 0 atom stereocenters. The largest absolute Gasteiger partial charge is 0.481 e. The Hall–Kier alpha value is -1.26. The summed E-state index contributed by atoms with van der Waals surface area (Å²) in [4.78, 5) is 22.2. The molecule has 0 saturated heterocycles. The number of carbonyl (C=O) groups excluding carboxylic acids is 1. The van der Waals surface area contributed by atoms with Crippen LogP contribution in [0.3, 0.4) is 0 Å². The molecule has 0 aromatic rings. The molecular formula is C12H22N2O3. The number of hydrogen-bond acceptors (Lipinski definition) is 2. The van der Waals surface area contributed by atoms with Crippen LogP contribution in [0.25, 0.3) is 0 Å². The topological polar surface area (TPSA) is 78.4 Å². The Morgan fingerprint density at radius 1 is 1.29 bits per heavy atom. The van der Waals surface area contributed by atoms with Crippen LogP contribution in [-0.2, 0) is 4.79 Å². The predicted molar refractivity (Wildman–Crippen MR) is 64.8 cm³/mol. The third-order valence-electron chi connectivity index (χ3n) is 3.33. The number of rotatable bonds is 6. The fourth-order valence-electron chi connectivity index (χ4n) is 1.61. The molecule has 1 rings (SSSR count). The molecule has 0 unspecified atom stereocenters. The molecule has 0 radical (unpaired) electrons. The maximum absolute atomic E-state index is 11.4. The van der Waals surface area contributed by atoms with Crippen molar-refractivity contribution in [1.29, 1.82) is 0 Å². The fourth-order valence-corrected chi connectivity index (χ4v) is 1.61. The molecule has 0 bridgehead atoms. The molecule has 3 N–H and O–H groups in total.